The predicted octanol–water partition coefficient (Wildman–Crippen LogP) is 2.80. The molecule has 0 bridgehead atoms. The van der Waals surface area contributed by atoms with E-state index in [0.717, 1.165) is 21.8 Å². The van der Waals surface area contributed by atoms with Crippen LogP contribution in [0.3, 0.4) is 0 Å². The summed E-state index contributed by atoms with van der Waals surface area (Å²) in [6.07, 6.45) is 1.66. The van der Waals surface area contributed by atoms with E-state index in [-0.39, 0.29) is 11.9 Å². The molecule has 124 valence electrons. The Bertz CT molecular complexity index is 1050. The van der Waals surface area contributed by atoms with E-state index in [2.05, 4.69) is 20.6 Å². The number of aromatic nitrogens is 4. The Morgan fingerprint density at radius 1 is 1.12 bits per heavy atom. The quantitative estimate of drug-likeness (QED) is 0.624. The first-order chi connectivity index (χ1) is 12.2. The van der Waals surface area contributed by atoms with Gasteiger partial charge in [0.15, 0.2) is 0 Å². The Hall–Kier alpha value is -3.28. The zero-order valence-corrected chi connectivity index (χ0v) is 13.8. The fourth-order valence-corrected chi connectivity index (χ4v) is 2.95. The molecular formula is C19H17N5O. The van der Waals surface area contributed by atoms with Crippen LogP contribution in [0, 0.1) is 0 Å². The number of carbonyl (C=O) groups excluding carboxylic acids is 1. The molecule has 6 nitrogen and oxygen atoms in total. The van der Waals surface area contributed by atoms with Crippen molar-refractivity contribution in [2.75, 3.05) is 0 Å². The Balaban J connectivity index is 1.54. The van der Waals surface area contributed by atoms with Crippen LogP contribution < -0.4 is 5.32 Å². The summed E-state index contributed by atoms with van der Waals surface area (Å²) in [7, 11) is 0. The number of hydrogen-bond donors (Lipinski definition) is 1. The van der Waals surface area contributed by atoms with Crippen molar-refractivity contribution in [1.82, 2.24) is 25.3 Å². The van der Waals surface area contributed by atoms with Gasteiger partial charge in [0, 0.05) is 17.6 Å². The molecule has 0 saturated carbocycles. The number of hydrogen-bond acceptors (Lipinski definition) is 4. The molecule has 0 unspecified atom stereocenters. The van der Waals surface area contributed by atoms with E-state index in [0.29, 0.717) is 12.2 Å². The molecule has 25 heavy (non-hydrogen) atoms. The lowest BCUT2D eigenvalue weighted by molar-refractivity contribution is 0.0933. The molecule has 2 heterocycles. The molecule has 1 N–H and O–H groups in total. The first-order valence-corrected chi connectivity index (χ1v) is 8.15. The van der Waals surface area contributed by atoms with Gasteiger partial charge >= 0.3 is 0 Å². The molecule has 2 aromatic carbocycles. The fourth-order valence-electron chi connectivity index (χ4n) is 2.95. The van der Waals surface area contributed by atoms with Crippen LogP contribution in [-0.4, -0.2) is 31.9 Å². The molecule has 0 fully saturated rings. The molecule has 0 saturated heterocycles. The van der Waals surface area contributed by atoms with Gasteiger partial charge < -0.3 is 5.32 Å². The highest BCUT2D eigenvalue weighted by Gasteiger charge is 2.15. The number of fused-ring (bicyclic) bond motifs is 2. The summed E-state index contributed by atoms with van der Waals surface area (Å²) < 4.78 is 1.80. The van der Waals surface area contributed by atoms with Gasteiger partial charge in [-0.05, 0) is 30.5 Å². The molecule has 1 amide bonds. The zero-order valence-electron chi connectivity index (χ0n) is 13.8. The number of amides is 1. The van der Waals surface area contributed by atoms with Crippen LogP contribution in [0.25, 0.3) is 21.8 Å². The van der Waals surface area contributed by atoms with E-state index in [1.807, 2.05) is 61.5 Å². The number of carbonyl (C=O) groups is 1. The molecule has 2 aromatic heterocycles. The van der Waals surface area contributed by atoms with Gasteiger partial charge in [-0.1, -0.05) is 41.6 Å². The van der Waals surface area contributed by atoms with Crippen molar-refractivity contribution in [3.63, 3.8) is 0 Å². The predicted molar refractivity (Wildman–Crippen MR) is 96.2 cm³/mol. The maximum Gasteiger partial charge on any atom is 0.270 e. The number of nitrogens with zero attached hydrogens (tertiary/aromatic N) is 4. The lowest BCUT2D eigenvalue weighted by Gasteiger charge is -2.14. The molecule has 0 aliphatic heterocycles. The molecule has 0 radical (unpaired) electrons. The highest BCUT2D eigenvalue weighted by atomic mass is 16.1. The minimum absolute atomic E-state index is 0.113. The largest absolute Gasteiger partial charge is 0.346 e. The van der Waals surface area contributed by atoms with Crippen molar-refractivity contribution in [1.29, 1.82) is 0 Å². The minimum atomic E-state index is -0.186. The smallest absolute Gasteiger partial charge is 0.270 e. The second-order valence-electron chi connectivity index (χ2n) is 6.02. The summed E-state index contributed by atoms with van der Waals surface area (Å²) in [6.45, 7) is 2.48. The fraction of sp³-hybridized carbons (Fsp3) is 0.158. The van der Waals surface area contributed by atoms with Gasteiger partial charge in [-0.15, -0.1) is 5.10 Å². The van der Waals surface area contributed by atoms with Gasteiger partial charge in [-0.3, -0.25) is 9.78 Å². The van der Waals surface area contributed by atoms with E-state index in [9.17, 15) is 4.79 Å². The van der Waals surface area contributed by atoms with Gasteiger partial charge in [0.05, 0.1) is 12.1 Å². The third-order valence-electron chi connectivity index (χ3n) is 4.13. The normalized spacial score (nSPS) is 12.4. The Morgan fingerprint density at radius 3 is 2.84 bits per heavy atom. The molecule has 4 aromatic rings. The van der Waals surface area contributed by atoms with E-state index >= 15 is 0 Å². The molecule has 6 heteroatoms. The Kier molecular flexibility index (Phi) is 3.85. The van der Waals surface area contributed by atoms with Crippen molar-refractivity contribution in [2.45, 2.75) is 19.5 Å². The van der Waals surface area contributed by atoms with Crippen LogP contribution in [0.15, 0.2) is 60.8 Å². The Morgan fingerprint density at radius 2 is 1.92 bits per heavy atom. The van der Waals surface area contributed by atoms with Gasteiger partial charge in [0.2, 0.25) is 0 Å². The lowest BCUT2D eigenvalue weighted by atomic mass is 10.1. The standard InChI is InChI=1S/C19H17N5O/c1-13(12-24-17-9-5-4-8-16(17)22-23-24)21-19(25)18-15-7-3-2-6-14(15)10-11-20-18/h2-11,13H,12H2,1H3,(H,21,25)/t13-/m1/s1. The SMILES string of the molecule is C[C@H](Cn1nnc2ccccc21)NC(=O)c1nccc2ccccc12. The second-order valence-corrected chi connectivity index (χ2v) is 6.02. The van der Waals surface area contributed by atoms with E-state index < -0.39 is 0 Å². The summed E-state index contributed by atoms with van der Waals surface area (Å²) >= 11 is 0. The molecule has 4 rings (SSSR count). The van der Waals surface area contributed by atoms with Crippen LogP contribution in [0.2, 0.25) is 0 Å². The zero-order chi connectivity index (χ0) is 17.2. The van der Waals surface area contributed by atoms with Gasteiger partial charge in [-0.25, -0.2) is 4.68 Å². The van der Waals surface area contributed by atoms with Crippen molar-refractivity contribution in [3.8, 4) is 0 Å². The van der Waals surface area contributed by atoms with Crippen LogP contribution >= 0.6 is 0 Å². The topological polar surface area (TPSA) is 72.7 Å². The second kappa shape index (κ2) is 6.32. The molecule has 1 atom stereocenters. The number of benzene rings is 2. The van der Waals surface area contributed by atoms with Crippen LogP contribution in [0.5, 0.6) is 0 Å². The summed E-state index contributed by atoms with van der Waals surface area (Å²) in [6, 6.07) is 17.3. The molecular weight excluding hydrogens is 314 g/mol. The lowest BCUT2D eigenvalue weighted by Crippen LogP contribution is -2.36. The third kappa shape index (κ3) is 2.94. The summed E-state index contributed by atoms with van der Waals surface area (Å²) in [5, 5.41) is 13.1. The van der Waals surface area contributed by atoms with Crippen LogP contribution in [0.4, 0.5) is 0 Å². The van der Waals surface area contributed by atoms with E-state index in [1.165, 1.54) is 0 Å². The average Bonchev–Trinajstić information content (AvgIpc) is 3.04. The van der Waals surface area contributed by atoms with Crippen LogP contribution in [-0.2, 0) is 6.54 Å². The van der Waals surface area contributed by atoms with Gasteiger partial charge in [0.25, 0.3) is 5.91 Å². The Labute approximate surface area is 144 Å². The van der Waals surface area contributed by atoms with Gasteiger partial charge in [0.1, 0.15) is 11.2 Å². The first kappa shape index (κ1) is 15.3. The number of rotatable bonds is 4. The highest BCUT2D eigenvalue weighted by molar-refractivity contribution is 6.05. The molecule has 0 spiro atoms. The molecule has 0 aliphatic carbocycles. The van der Waals surface area contributed by atoms with Crippen molar-refractivity contribution >= 4 is 27.7 Å². The van der Waals surface area contributed by atoms with Gasteiger partial charge in [-0.2, -0.15) is 0 Å². The summed E-state index contributed by atoms with van der Waals surface area (Å²) in [5.74, 6) is -0.186. The molecule has 0 aliphatic rings. The van der Waals surface area contributed by atoms with Crippen molar-refractivity contribution < 1.29 is 4.79 Å². The van der Waals surface area contributed by atoms with Crippen LogP contribution in [0.1, 0.15) is 17.4 Å². The maximum atomic E-state index is 12.6. The number of para-hydroxylation sites is 1. The third-order valence-corrected chi connectivity index (χ3v) is 4.13. The monoisotopic (exact) mass is 331 g/mol. The maximum absolute atomic E-state index is 12.6. The summed E-state index contributed by atoms with van der Waals surface area (Å²) in [5.41, 5.74) is 2.23. The van der Waals surface area contributed by atoms with E-state index in [4.69, 9.17) is 0 Å². The van der Waals surface area contributed by atoms with Crippen molar-refractivity contribution in [2.24, 2.45) is 0 Å². The number of pyridine rings is 1. The minimum Gasteiger partial charge on any atom is -0.346 e. The van der Waals surface area contributed by atoms with E-state index in [1.54, 1.807) is 10.9 Å². The van der Waals surface area contributed by atoms with Crippen molar-refractivity contribution in [3.05, 3.63) is 66.5 Å². The average molecular weight is 331 g/mol. The highest BCUT2D eigenvalue weighted by Crippen LogP contribution is 2.16. The first-order valence-electron chi connectivity index (χ1n) is 8.15. The number of nitrogens with one attached hydrogen (secondary N) is 1. The summed E-state index contributed by atoms with van der Waals surface area (Å²) in [4.78, 5) is 16.9.